The van der Waals surface area contributed by atoms with Crippen molar-refractivity contribution in [2.24, 2.45) is 0 Å². The fraction of sp³-hybridized carbons (Fsp3) is 0.800. The quantitative estimate of drug-likeness (QED) is 0.666. The van der Waals surface area contributed by atoms with Gasteiger partial charge in [-0.2, -0.15) is 5.10 Å². The van der Waals surface area contributed by atoms with Crippen LogP contribution in [0.4, 0.5) is 0 Å². The fourth-order valence-corrected chi connectivity index (χ4v) is 2.13. The highest BCUT2D eigenvalue weighted by Crippen LogP contribution is 2.05. The molecule has 0 saturated carbocycles. The summed E-state index contributed by atoms with van der Waals surface area (Å²) in [5.74, 6) is 1.66. The Hall–Kier alpha value is -1.43. The minimum Gasteiger partial charge on any atom is -0.465 e. The second kappa shape index (κ2) is 9.50. The number of aromatic nitrogens is 3. The van der Waals surface area contributed by atoms with Crippen LogP contribution in [0, 0.1) is 0 Å². The van der Waals surface area contributed by atoms with Crippen molar-refractivity contribution in [2.45, 2.75) is 66.0 Å². The van der Waals surface area contributed by atoms with Gasteiger partial charge in [-0.3, -0.25) is 4.79 Å². The van der Waals surface area contributed by atoms with E-state index in [1.54, 1.807) is 0 Å². The molecule has 6 heteroatoms. The van der Waals surface area contributed by atoms with Crippen molar-refractivity contribution in [3.05, 3.63) is 11.6 Å². The van der Waals surface area contributed by atoms with Gasteiger partial charge in [-0.05, 0) is 26.3 Å². The molecule has 1 heterocycles. The maximum Gasteiger partial charge on any atom is 0.323 e. The van der Waals surface area contributed by atoms with Crippen molar-refractivity contribution in [2.75, 3.05) is 13.2 Å². The third-order valence-corrected chi connectivity index (χ3v) is 3.27. The molecule has 0 aliphatic rings. The number of aryl methyl sites for hydroxylation is 3. The third-order valence-electron chi connectivity index (χ3n) is 3.27. The second-order valence-electron chi connectivity index (χ2n) is 4.92. The topological polar surface area (TPSA) is 69.0 Å². The fourth-order valence-electron chi connectivity index (χ4n) is 2.13. The minimum absolute atomic E-state index is 0.181. The molecule has 1 N–H and O–H groups in total. The highest BCUT2D eigenvalue weighted by atomic mass is 16.5. The molecule has 0 fully saturated rings. The van der Waals surface area contributed by atoms with E-state index in [1.807, 2.05) is 18.5 Å². The van der Waals surface area contributed by atoms with E-state index in [0.29, 0.717) is 19.6 Å². The van der Waals surface area contributed by atoms with Crippen molar-refractivity contribution in [1.82, 2.24) is 20.1 Å². The number of carbonyl (C=O) groups is 1. The average molecular weight is 296 g/mol. The Bertz CT molecular complexity index is 431. The maximum atomic E-state index is 12.0. The van der Waals surface area contributed by atoms with Gasteiger partial charge in [0.25, 0.3) is 0 Å². The number of hydrogen-bond acceptors (Lipinski definition) is 5. The van der Waals surface area contributed by atoms with E-state index in [1.165, 1.54) is 0 Å². The predicted molar refractivity (Wildman–Crippen MR) is 82.1 cm³/mol. The van der Waals surface area contributed by atoms with Gasteiger partial charge < -0.3 is 10.1 Å². The van der Waals surface area contributed by atoms with Crippen molar-refractivity contribution in [3.63, 3.8) is 0 Å². The van der Waals surface area contributed by atoms with E-state index >= 15 is 0 Å². The zero-order valence-electron chi connectivity index (χ0n) is 13.7. The van der Waals surface area contributed by atoms with Crippen molar-refractivity contribution < 1.29 is 9.53 Å². The Kier molecular flexibility index (Phi) is 7.97. The summed E-state index contributed by atoms with van der Waals surface area (Å²) in [6.45, 7) is 9.91. The van der Waals surface area contributed by atoms with Gasteiger partial charge in [0.15, 0.2) is 5.82 Å². The number of hydrogen-bond donors (Lipinski definition) is 1. The number of carbonyl (C=O) groups excluding carboxylic acids is 1. The monoisotopic (exact) mass is 296 g/mol. The lowest BCUT2D eigenvalue weighted by atomic mass is 10.2. The standard InChI is InChI=1S/C15H28N4O2/c1-5-10-16-12(15(20)21-8-4)9-11-19-14(7-3)17-13(6-2)18-19/h12,16H,5-11H2,1-4H3. The van der Waals surface area contributed by atoms with Crippen LogP contribution in [-0.2, 0) is 28.9 Å². The summed E-state index contributed by atoms with van der Waals surface area (Å²) < 4.78 is 7.04. The van der Waals surface area contributed by atoms with E-state index in [4.69, 9.17) is 4.74 Å². The van der Waals surface area contributed by atoms with Crippen LogP contribution in [0.1, 0.15) is 52.2 Å². The first-order valence-corrected chi connectivity index (χ1v) is 7.98. The van der Waals surface area contributed by atoms with Gasteiger partial charge in [-0.1, -0.05) is 20.8 Å². The van der Waals surface area contributed by atoms with Gasteiger partial charge >= 0.3 is 5.97 Å². The Morgan fingerprint density at radius 3 is 2.62 bits per heavy atom. The molecular formula is C15H28N4O2. The summed E-state index contributed by atoms with van der Waals surface area (Å²) in [4.78, 5) is 16.4. The first-order chi connectivity index (χ1) is 10.2. The molecule has 1 aromatic heterocycles. The summed E-state index contributed by atoms with van der Waals surface area (Å²) in [7, 11) is 0. The summed E-state index contributed by atoms with van der Waals surface area (Å²) >= 11 is 0. The van der Waals surface area contributed by atoms with Crippen LogP contribution in [-0.4, -0.2) is 39.9 Å². The first-order valence-electron chi connectivity index (χ1n) is 7.98. The summed E-state index contributed by atoms with van der Waals surface area (Å²) in [6.07, 6.45) is 3.33. The smallest absolute Gasteiger partial charge is 0.323 e. The SMILES string of the molecule is CCCNC(CCn1nc(CC)nc1CC)C(=O)OCC. The lowest BCUT2D eigenvalue weighted by Crippen LogP contribution is -2.39. The highest BCUT2D eigenvalue weighted by Gasteiger charge is 2.19. The molecule has 1 unspecified atom stereocenters. The zero-order valence-corrected chi connectivity index (χ0v) is 13.7. The Morgan fingerprint density at radius 2 is 2.05 bits per heavy atom. The maximum absolute atomic E-state index is 12.0. The normalized spacial score (nSPS) is 12.4. The molecule has 0 aliphatic heterocycles. The molecule has 6 nitrogen and oxygen atoms in total. The van der Waals surface area contributed by atoms with Crippen molar-refractivity contribution in [1.29, 1.82) is 0 Å². The number of ether oxygens (including phenoxy) is 1. The van der Waals surface area contributed by atoms with Crippen LogP contribution in [0.2, 0.25) is 0 Å². The molecule has 0 aromatic carbocycles. The van der Waals surface area contributed by atoms with Gasteiger partial charge in [0, 0.05) is 19.4 Å². The van der Waals surface area contributed by atoms with Crippen molar-refractivity contribution in [3.8, 4) is 0 Å². The van der Waals surface area contributed by atoms with Gasteiger partial charge in [-0.25, -0.2) is 9.67 Å². The Morgan fingerprint density at radius 1 is 1.29 bits per heavy atom. The molecule has 21 heavy (non-hydrogen) atoms. The Balaban J connectivity index is 2.66. The first kappa shape index (κ1) is 17.6. The largest absolute Gasteiger partial charge is 0.465 e. The summed E-state index contributed by atoms with van der Waals surface area (Å²) in [5, 5.41) is 7.73. The van der Waals surface area contributed by atoms with E-state index in [9.17, 15) is 4.79 Å². The van der Waals surface area contributed by atoms with Crippen LogP contribution in [0.25, 0.3) is 0 Å². The van der Waals surface area contributed by atoms with Crippen LogP contribution in [0.15, 0.2) is 0 Å². The van der Waals surface area contributed by atoms with Crippen molar-refractivity contribution >= 4 is 5.97 Å². The Labute approximate surface area is 127 Å². The number of rotatable bonds is 10. The average Bonchev–Trinajstić information content (AvgIpc) is 2.90. The molecule has 0 saturated heterocycles. The molecule has 0 bridgehead atoms. The van der Waals surface area contributed by atoms with Crippen LogP contribution >= 0.6 is 0 Å². The molecule has 1 aromatic rings. The molecule has 120 valence electrons. The number of esters is 1. The van der Waals surface area contributed by atoms with Gasteiger partial charge in [-0.15, -0.1) is 0 Å². The van der Waals surface area contributed by atoms with E-state index in [0.717, 1.165) is 37.5 Å². The molecule has 1 rings (SSSR count). The third kappa shape index (κ3) is 5.46. The second-order valence-corrected chi connectivity index (χ2v) is 4.92. The number of nitrogens with zero attached hydrogens (tertiary/aromatic N) is 3. The zero-order chi connectivity index (χ0) is 15.7. The molecule has 0 radical (unpaired) electrons. The molecule has 1 atom stereocenters. The molecule has 0 spiro atoms. The predicted octanol–water partition coefficient (Wildman–Crippen LogP) is 1.72. The van der Waals surface area contributed by atoms with Gasteiger partial charge in [0.05, 0.1) is 6.61 Å². The lowest BCUT2D eigenvalue weighted by molar-refractivity contribution is -0.145. The highest BCUT2D eigenvalue weighted by molar-refractivity contribution is 5.75. The summed E-state index contributed by atoms with van der Waals surface area (Å²) in [6, 6.07) is -0.274. The van der Waals surface area contributed by atoms with E-state index in [-0.39, 0.29) is 12.0 Å². The molecular weight excluding hydrogens is 268 g/mol. The molecule has 0 aliphatic carbocycles. The minimum atomic E-state index is -0.274. The van der Waals surface area contributed by atoms with Crippen LogP contribution in [0.5, 0.6) is 0 Å². The summed E-state index contributed by atoms with van der Waals surface area (Å²) in [5.41, 5.74) is 0. The lowest BCUT2D eigenvalue weighted by Gasteiger charge is -2.17. The van der Waals surface area contributed by atoms with Crippen LogP contribution < -0.4 is 5.32 Å². The van der Waals surface area contributed by atoms with E-state index < -0.39 is 0 Å². The van der Waals surface area contributed by atoms with Crippen LogP contribution in [0.3, 0.4) is 0 Å². The number of nitrogens with one attached hydrogen (secondary N) is 1. The van der Waals surface area contributed by atoms with Gasteiger partial charge in [0.2, 0.25) is 0 Å². The van der Waals surface area contributed by atoms with Gasteiger partial charge in [0.1, 0.15) is 11.9 Å². The van der Waals surface area contributed by atoms with E-state index in [2.05, 4.69) is 29.2 Å². The molecule has 0 amide bonds.